The summed E-state index contributed by atoms with van der Waals surface area (Å²) in [6, 6.07) is 23.4. The van der Waals surface area contributed by atoms with Crippen LogP contribution in [0, 0.1) is 6.57 Å². The zero-order valence-electron chi connectivity index (χ0n) is 17.8. The molecular weight excluding hydrogens is 338 g/mol. The molecule has 0 aliphatic carbocycles. The number of hydrogen-bond donors (Lipinski definition) is 0. The molecule has 0 aliphatic rings. The van der Waals surface area contributed by atoms with Crippen LogP contribution in [0.3, 0.4) is 0 Å². The SMILES string of the molecule is [C-]#[N+]c1c(-c2ccc(C(C)(C)C)cc2)cccc1-c1ccc(C(C)(C)C)cc1. The maximum atomic E-state index is 7.83. The van der Waals surface area contributed by atoms with Crippen molar-refractivity contribution in [2.75, 3.05) is 0 Å². The molecule has 3 aromatic carbocycles. The molecule has 1 nitrogen and oxygen atoms in total. The molecule has 0 aliphatic heterocycles. The van der Waals surface area contributed by atoms with Gasteiger partial charge in [0.2, 0.25) is 5.69 Å². The average molecular weight is 368 g/mol. The van der Waals surface area contributed by atoms with Crippen LogP contribution in [0.5, 0.6) is 0 Å². The molecule has 28 heavy (non-hydrogen) atoms. The third kappa shape index (κ3) is 4.02. The highest BCUT2D eigenvalue weighted by Gasteiger charge is 2.17. The van der Waals surface area contributed by atoms with Gasteiger partial charge in [-0.2, -0.15) is 0 Å². The normalized spacial score (nSPS) is 11.9. The molecule has 0 amide bonds. The van der Waals surface area contributed by atoms with Crippen LogP contribution in [0.2, 0.25) is 0 Å². The summed E-state index contributed by atoms with van der Waals surface area (Å²) in [4.78, 5) is 3.92. The molecule has 0 saturated carbocycles. The lowest BCUT2D eigenvalue weighted by Crippen LogP contribution is -2.10. The van der Waals surface area contributed by atoms with Crippen molar-refractivity contribution in [2.24, 2.45) is 0 Å². The highest BCUT2D eigenvalue weighted by molar-refractivity contribution is 5.91. The monoisotopic (exact) mass is 367 g/mol. The molecular formula is C27H29N. The van der Waals surface area contributed by atoms with Crippen LogP contribution in [-0.2, 0) is 10.8 Å². The van der Waals surface area contributed by atoms with Gasteiger partial charge in [-0.1, -0.05) is 108 Å². The van der Waals surface area contributed by atoms with Gasteiger partial charge in [0.25, 0.3) is 0 Å². The first-order valence-corrected chi connectivity index (χ1v) is 9.83. The van der Waals surface area contributed by atoms with Crippen molar-refractivity contribution >= 4 is 5.69 Å². The first-order chi connectivity index (χ1) is 13.1. The van der Waals surface area contributed by atoms with Gasteiger partial charge in [0.1, 0.15) is 0 Å². The minimum atomic E-state index is 0.123. The summed E-state index contributed by atoms with van der Waals surface area (Å²) in [5.74, 6) is 0. The molecule has 1 heteroatoms. The predicted octanol–water partition coefficient (Wildman–Crippen LogP) is 8.17. The van der Waals surface area contributed by atoms with Crippen LogP contribution < -0.4 is 0 Å². The van der Waals surface area contributed by atoms with E-state index in [1.165, 1.54) is 11.1 Å². The fourth-order valence-corrected chi connectivity index (χ4v) is 3.43. The molecule has 3 aromatic rings. The van der Waals surface area contributed by atoms with Crippen LogP contribution in [0.1, 0.15) is 52.7 Å². The Morgan fingerprint density at radius 3 is 1.21 bits per heavy atom. The van der Waals surface area contributed by atoms with Gasteiger partial charge in [-0.05, 0) is 44.2 Å². The van der Waals surface area contributed by atoms with Crippen LogP contribution in [0.15, 0.2) is 66.7 Å². The van der Waals surface area contributed by atoms with Gasteiger partial charge in [0, 0.05) is 0 Å². The Balaban J connectivity index is 2.06. The number of para-hydroxylation sites is 1. The minimum Gasteiger partial charge on any atom is -0.237 e. The van der Waals surface area contributed by atoms with E-state index in [2.05, 4.69) is 101 Å². The molecule has 142 valence electrons. The van der Waals surface area contributed by atoms with Crippen molar-refractivity contribution in [1.82, 2.24) is 0 Å². The predicted molar refractivity (Wildman–Crippen MR) is 121 cm³/mol. The third-order valence-corrected chi connectivity index (χ3v) is 5.27. The van der Waals surface area contributed by atoms with Crippen molar-refractivity contribution in [3.8, 4) is 22.3 Å². The summed E-state index contributed by atoms with van der Waals surface area (Å²) in [5, 5.41) is 0. The fraction of sp³-hybridized carbons (Fsp3) is 0.296. The van der Waals surface area contributed by atoms with Crippen molar-refractivity contribution in [2.45, 2.75) is 52.4 Å². The summed E-state index contributed by atoms with van der Waals surface area (Å²) in [7, 11) is 0. The summed E-state index contributed by atoms with van der Waals surface area (Å²) >= 11 is 0. The highest BCUT2D eigenvalue weighted by atomic mass is 14.7. The lowest BCUT2D eigenvalue weighted by Gasteiger charge is -2.20. The molecule has 0 fully saturated rings. The maximum absolute atomic E-state index is 7.83. The Morgan fingerprint density at radius 1 is 0.571 bits per heavy atom. The number of nitrogens with zero attached hydrogens (tertiary/aromatic N) is 1. The fourth-order valence-electron chi connectivity index (χ4n) is 3.43. The Hall–Kier alpha value is -2.85. The van der Waals surface area contributed by atoms with Crippen LogP contribution in [0.4, 0.5) is 5.69 Å². The second kappa shape index (κ2) is 7.28. The standard InChI is InChI=1S/C27H29N/c1-26(2,3)21-15-11-19(12-16-21)23-9-8-10-24(25(23)28-7)20-13-17-22(18-14-20)27(4,5)6/h8-18H,1-6H3. The van der Waals surface area contributed by atoms with Crippen molar-refractivity contribution in [1.29, 1.82) is 0 Å². The first kappa shape index (κ1) is 19.9. The Morgan fingerprint density at radius 2 is 0.929 bits per heavy atom. The van der Waals surface area contributed by atoms with Gasteiger partial charge in [-0.3, -0.25) is 0 Å². The summed E-state index contributed by atoms with van der Waals surface area (Å²) in [6.45, 7) is 21.1. The van der Waals surface area contributed by atoms with Crippen LogP contribution in [0.25, 0.3) is 27.1 Å². The molecule has 0 bridgehead atoms. The van der Waals surface area contributed by atoms with Gasteiger partial charge >= 0.3 is 0 Å². The van der Waals surface area contributed by atoms with E-state index in [-0.39, 0.29) is 10.8 Å². The lowest BCUT2D eigenvalue weighted by molar-refractivity contribution is 0.590. The molecule has 0 saturated heterocycles. The van der Waals surface area contributed by atoms with E-state index in [9.17, 15) is 0 Å². The van der Waals surface area contributed by atoms with E-state index in [4.69, 9.17) is 6.57 Å². The molecule has 0 spiro atoms. The topological polar surface area (TPSA) is 4.36 Å². The van der Waals surface area contributed by atoms with E-state index in [1.54, 1.807) is 0 Å². The first-order valence-electron chi connectivity index (χ1n) is 9.83. The van der Waals surface area contributed by atoms with E-state index in [0.29, 0.717) is 0 Å². The smallest absolute Gasteiger partial charge is 0.202 e. The zero-order valence-corrected chi connectivity index (χ0v) is 17.8. The van der Waals surface area contributed by atoms with Gasteiger partial charge in [0.15, 0.2) is 0 Å². The molecule has 0 heterocycles. The quantitative estimate of drug-likeness (QED) is 0.402. The largest absolute Gasteiger partial charge is 0.237 e. The van der Waals surface area contributed by atoms with Gasteiger partial charge in [0.05, 0.1) is 6.57 Å². The van der Waals surface area contributed by atoms with Crippen LogP contribution >= 0.6 is 0 Å². The minimum absolute atomic E-state index is 0.123. The van der Waals surface area contributed by atoms with E-state index in [1.807, 2.05) is 12.1 Å². The Kier molecular flexibility index (Phi) is 5.18. The van der Waals surface area contributed by atoms with Gasteiger partial charge in [-0.25, -0.2) is 4.85 Å². The molecule has 0 aromatic heterocycles. The third-order valence-electron chi connectivity index (χ3n) is 5.27. The second-order valence-electron chi connectivity index (χ2n) is 9.47. The molecule has 3 rings (SSSR count). The lowest BCUT2D eigenvalue weighted by atomic mass is 9.85. The van der Waals surface area contributed by atoms with Crippen LogP contribution in [-0.4, -0.2) is 0 Å². The van der Waals surface area contributed by atoms with E-state index in [0.717, 1.165) is 27.9 Å². The Bertz CT molecular complexity index is 927. The molecule has 0 unspecified atom stereocenters. The zero-order chi connectivity index (χ0) is 20.5. The highest BCUT2D eigenvalue weighted by Crippen LogP contribution is 2.40. The van der Waals surface area contributed by atoms with Crippen molar-refractivity contribution < 1.29 is 0 Å². The second-order valence-corrected chi connectivity index (χ2v) is 9.47. The molecule has 0 atom stereocenters. The van der Waals surface area contributed by atoms with Crippen molar-refractivity contribution in [3.63, 3.8) is 0 Å². The van der Waals surface area contributed by atoms with E-state index < -0.39 is 0 Å². The number of rotatable bonds is 2. The Labute approximate surface area is 169 Å². The summed E-state index contributed by atoms with van der Waals surface area (Å²) in [6.07, 6.45) is 0. The summed E-state index contributed by atoms with van der Waals surface area (Å²) in [5.41, 5.74) is 7.73. The molecule has 0 N–H and O–H groups in total. The van der Waals surface area contributed by atoms with Gasteiger partial charge in [-0.15, -0.1) is 0 Å². The average Bonchev–Trinajstić information content (AvgIpc) is 2.66. The molecule has 0 radical (unpaired) electrons. The summed E-state index contributed by atoms with van der Waals surface area (Å²) < 4.78 is 0. The van der Waals surface area contributed by atoms with Gasteiger partial charge < -0.3 is 0 Å². The number of benzene rings is 3. The number of hydrogen-bond acceptors (Lipinski definition) is 0. The van der Waals surface area contributed by atoms with E-state index >= 15 is 0 Å². The van der Waals surface area contributed by atoms with Crippen molar-refractivity contribution in [3.05, 3.63) is 89.3 Å². The maximum Gasteiger partial charge on any atom is 0.202 e.